The Labute approximate surface area is 84.8 Å². The van der Waals surface area contributed by atoms with Crippen LogP contribution in [0.3, 0.4) is 0 Å². The van der Waals surface area contributed by atoms with Crippen LogP contribution in [0.15, 0.2) is 0 Å². The fourth-order valence-electron chi connectivity index (χ4n) is 1.85. The van der Waals surface area contributed by atoms with Gasteiger partial charge in [-0.3, -0.25) is 0 Å². The molecule has 0 atom stereocenters. The lowest BCUT2D eigenvalue weighted by Gasteiger charge is -2.35. The summed E-state index contributed by atoms with van der Waals surface area (Å²) >= 11 is 2.03. The first-order valence-electron chi connectivity index (χ1n) is 5.09. The predicted molar refractivity (Wildman–Crippen MR) is 57.3 cm³/mol. The highest BCUT2D eigenvalue weighted by molar-refractivity contribution is 8.00. The Balaban J connectivity index is 1.60. The van der Waals surface area contributed by atoms with E-state index in [9.17, 15) is 0 Å². The molecule has 0 aromatic rings. The van der Waals surface area contributed by atoms with Crippen LogP contribution in [0.1, 0.15) is 25.7 Å². The molecule has 0 unspecified atom stereocenters. The second-order valence-electron chi connectivity index (χ2n) is 4.29. The lowest BCUT2D eigenvalue weighted by Crippen LogP contribution is -2.47. The Hall–Kier alpha value is 0.270. The lowest BCUT2D eigenvalue weighted by molar-refractivity contribution is 0.0175. The maximum atomic E-state index is 5.25. The number of thioether (sulfide) groups is 1. The van der Waals surface area contributed by atoms with E-state index in [0.29, 0.717) is 10.9 Å². The molecular weight excluding hydrogens is 182 g/mol. The second kappa shape index (κ2) is 3.79. The van der Waals surface area contributed by atoms with E-state index in [0.717, 1.165) is 6.04 Å². The highest BCUT2D eigenvalue weighted by atomic mass is 32.2. The summed E-state index contributed by atoms with van der Waals surface area (Å²) in [5.41, 5.74) is 0. The van der Waals surface area contributed by atoms with Gasteiger partial charge in [0.25, 0.3) is 0 Å². The molecule has 2 saturated carbocycles. The van der Waals surface area contributed by atoms with Crippen LogP contribution in [0.25, 0.3) is 0 Å². The average Bonchev–Trinajstić information content (AvgIpc) is 2.83. The van der Waals surface area contributed by atoms with Crippen LogP contribution in [-0.4, -0.2) is 36.8 Å². The molecule has 0 spiro atoms. The third-order valence-corrected chi connectivity index (χ3v) is 4.80. The molecule has 13 heavy (non-hydrogen) atoms. The maximum Gasteiger partial charge on any atom is 0.0601 e. The van der Waals surface area contributed by atoms with Crippen molar-refractivity contribution in [3.05, 3.63) is 0 Å². The van der Waals surface area contributed by atoms with Crippen molar-refractivity contribution in [1.29, 1.82) is 0 Å². The van der Waals surface area contributed by atoms with E-state index in [1.165, 1.54) is 32.2 Å². The van der Waals surface area contributed by atoms with Gasteiger partial charge in [-0.25, -0.2) is 0 Å². The third-order valence-electron chi connectivity index (χ3n) is 3.38. The monoisotopic (exact) mass is 201 g/mol. The number of ether oxygens (including phenoxy) is 1. The van der Waals surface area contributed by atoms with Crippen LogP contribution in [-0.2, 0) is 4.74 Å². The summed E-state index contributed by atoms with van der Waals surface area (Å²) in [7, 11) is 1.81. The summed E-state index contributed by atoms with van der Waals surface area (Å²) in [4.78, 5) is 0. The number of rotatable bonds is 5. The van der Waals surface area contributed by atoms with Crippen molar-refractivity contribution in [2.45, 2.75) is 42.6 Å². The Bertz CT molecular complexity index is 176. The fraction of sp³-hybridized carbons (Fsp3) is 1.00. The van der Waals surface area contributed by atoms with Gasteiger partial charge in [0, 0.05) is 24.4 Å². The van der Waals surface area contributed by atoms with Crippen LogP contribution in [0.5, 0.6) is 0 Å². The first kappa shape index (κ1) is 9.81. The molecular formula is C10H19NOS. The summed E-state index contributed by atoms with van der Waals surface area (Å²) < 4.78 is 5.85. The molecule has 2 nitrogen and oxygen atoms in total. The maximum absolute atomic E-state index is 5.25. The SMILES string of the molecule is COC1CC(NCC2(SC)CC2)C1. The molecule has 0 heterocycles. The quantitative estimate of drug-likeness (QED) is 0.731. The Morgan fingerprint density at radius 3 is 2.62 bits per heavy atom. The van der Waals surface area contributed by atoms with E-state index in [-0.39, 0.29) is 0 Å². The summed E-state index contributed by atoms with van der Waals surface area (Å²) in [6.07, 6.45) is 7.99. The van der Waals surface area contributed by atoms with Gasteiger partial charge in [0.2, 0.25) is 0 Å². The molecule has 0 aromatic heterocycles. The zero-order chi connectivity index (χ0) is 9.31. The Kier molecular flexibility index (Phi) is 2.86. The van der Waals surface area contributed by atoms with Gasteiger partial charge in [-0.2, -0.15) is 11.8 Å². The molecule has 76 valence electrons. The molecule has 1 N–H and O–H groups in total. The molecule has 2 aliphatic rings. The minimum absolute atomic E-state index is 0.530. The molecule has 2 fully saturated rings. The van der Waals surface area contributed by atoms with E-state index >= 15 is 0 Å². The van der Waals surface area contributed by atoms with Gasteiger partial charge in [-0.1, -0.05) is 0 Å². The fourth-order valence-corrected chi connectivity index (χ4v) is 2.59. The summed E-state index contributed by atoms with van der Waals surface area (Å²) in [6, 6.07) is 0.731. The zero-order valence-electron chi connectivity index (χ0n) is 8.51. The van der Waals surface area contributed by atoms with Crippen LogP contribution >= 0.6 is 11.8 Å². The predicted octanol–water partition coefficient (Wildman–Crippen LogP) is 1.65. The van der Waals surface area contributed by atoms with E-state index < -0.39 is 0 Å². The average molecular weight is 201 g/mol. The van der Waals surface area contributed by atoms with Gasteiger partial charge in [0.15, 0.2) is 0 Å². The summed E-state index contributed by atoms with van der Waals surface area (Å²) in [6.45, 7) is 1.20. The first-order chi connectivity index (χ1) is 6.28. The zero-order valence-corrected chi connectivity index (χ0v) is 9.32. The number of methoxy groups -OCH3 is 1. The van der Waals surface area contributed by atoms with E-state index in [4.69, 9.17) is 4.74 Å². The Morgan fingerprint density at radius 2 is 2.15 bits per heavy atom. The molecule has 0 amide bonds. The lowest BCUT2D eigenvalue weighted by atomic mass is 9.89. The second-order valence-corrected chi connectivity index (χ2v) is 5.57. The minimum atomic E-state index is 0.530. The van der Waals surface area contributed by atoms with Crippen molar-refractivity contribution in [1.82, 2.24) is 5.32 Å². The normalized spacial score (nSPS) is 35.5. The number of hydrogen-bond acceptors (Lipinski definition) is 3. The van der Waals surface area contributed by atoms with Gasteiger partial charge in [0.05, 0.1) is 6.10 Å². The molecule has 2 rings (SSSR count). The van der Waals surface area contributed by atoms with Crippen LogP contribution in [0.4, 0.5) is 0 Å². The number of hydrogen-bond donors (Lipinski definition) is 1. The van der Waals surface area contributed by atoms with Gasteiger partial charge < -0.3 is 10.1 Å². The molecule has 0 saturated heterocycles. The smallest absolute Gasteiger partial charge is 0.0601 e. The van der Waals surface area contributed by atoms with Crippen LogP contribution in [0.2, 0.25) is 0 Å². The topological polar surface area (TPSA) is 21.3 Å². The van der Waals surface area contributed by atoms with E-state index in [1.54, 1.807) is 0 Å². The van der Waals surface area contributed by atoms with Crippen molar-refractivity contribution in [2.75, 3.05) is 19.9 Å². The van der Waals surface area contributed by atoms with Gasteiger partial charge in [0.1, 0.15) is 0 Å². The van der Waals surface area contributed by atoms with Crippen molar-refractivity contribution < 1.29 is 4.74 Å². The first-order valence-corrected chi connectivity index (χ1v) is 6.32. The summed E-state index contributed by atoms with van der Waals surface area (Å²) in [5, 5.41) is 3.64. The third kappa shape index (κ3) is 2.20. The van der Waals surface area contributed by atoms with E-state index in [2.05, 4.69) is 11.6 Å². The van der Waals surface area contributed by atoms with E-state index in [1.807, 2.05) is 18.9 Å². The van der Waals surface area contributed by atoms with Crippen molar-refractivity contribution >= 4 is 11.8 Å². The van der Waals surface area contributed by atoms with Gasteiger partial charge in [-0.05, 0) is 31.9 Å². The molecule has 0 aliphatic heterocycles. The van der Waals surface area contributed by atoms with Gasteiger partial charge >= 0.3 is 0 Å². The van der Waals surface area contributed by atoms with Crippen molar-refractivity contribution in [3.63, 3.8) is 0 Å². The molecule has 0 aromatic carbocycles. The van der Waals surface area contributed by atoms with Crippen LogP contribution < -0.4 is 5.32 Å². The molecule has 0 bridgehead atoms. The summed E-state index contributed by atoms with van der Waals surface area (Å²) in [5.74, 6) is 0. The van der Waals surface area contributed by atoms with Gasteiger partial charge in [-0.15, -0.1) is 0 Å². The molecule has 2 aliphatic carbocycles. The van der Waals surface area contributed by atoms with Crippen molar-refractivity contribution in [2.24, 2.45) is 0 Å². The highest BCUT2D eigenvalue weighted by Gasteiger charge is 2.42. The molecule has 3 heteroatoms. The van der Waals surface area contributed by atoms with Crippen molar-refractivity contribution in [3.8, 4) is 0 Å². The molecule has 0 radical (unpaired) electrons. The Morgan fingerprint density at radius 1 is 1.46 bits per heavy atom. The largest absolute Gasteiger partial charge is 0.381 e. The highest BCUT2D eigenvalue weighted by Crippen LogP contribution is 2.46. The number of nitrogens with one attached hydrogen (secondary N) is 1. The van der Waals surface area contributed by atoms with Crippen LogP contribution in [0, 0.1) is 0 Å². The standard InChI is InChI=1S/C10H19NOS/c1-12-9-5-8(6-9)11-7-10(13-2)3-4-10/h8-9,11H,3-7H2,1-2H3. The minimum Gasteiger partial charge on any atom is -0.381 e.